The van der Waals surface area contributed by atoms with Crippen molar-refractivity contribution in [3.05, 3.63) is 0 Å². The quantitative estimate of drug-likeness (QED) is 0.477. The highest BCUT2D eigenvalue weighted by Gasteiger charge is 2.15. The minimum atomic E-state index is -0.810. The number of rotatable bonds is 12. The summed E-state index contributed by atoms with van der Waals surface area (Å²) < 4.78 is 15.3. The van der Waals surface area contributed by atoms with E-state index in [4.69, 9.17) is 25.1 Å². The summed E-state index contributed by atoms with van der Waals surface area (Å²) in [6, 6.07) is 0. The lowest BCUT2D eigenvalue weighted by atomic mass is 10.0. The largest absolute Gasteiger partial charge is 0.481 e. The Morgan fingerprint density at radius 2 is 1.71 bits per heavy atom. The molecule has 17 heavy (non-hydrogen) atoms. The number of aliphatic carboxylic acids is 1. The van der Waals surface area contributed by atoms with Crippen molar-refractivity contribution in [2.24, 2.45) is 11.7 Å². The SMILES string of the molecule is COCCOCCOCCC(CCN)C(=O)O. The van der Waals surface area contributed by atoms with Crippen LogP contribution in [0.3, 0.4) is 0 Å². The lowest BCUT2D eigenvalue weighted by molar-refractivity contribution is -0.142. The molecule has 0 amide bonds. The van der Waals surface area contributed by atoms with Crippen LogP contribution in [0, 0.1) is 5.92 Å². The maximum Gasteiger partial charge on any atom is 0.306 e. The van der Waals surface area contributed by atoms with Crippen LogP contribution in [-0.4, -0.2) is 57.8 Å². The molecule has 0 aliphatic rings. The molecular formula is C11H23NO5. The van der Waals surface area contributed by atoms with Gasteiger partial charge in [-0.1, -0.05) is 0 Å². The van der Waals surface area contributed by atoms with Crippen LogP contribution in [0.25, 0.3) is 0 Å². The Kier molecular flexibility index (Phi) is 11.3. The molecule has 0 rings (SSSR count). The first kappa shape index (κ1) is 16.3. The second-order valence-corrected chi connectivity index (χ2v) is 3.62. The Morgan fingerprint density at radius 1 is 1.12 bits per heavy atom. The van der Waals surface area contributed by atoms with Gasteiger partial charge in [-0.2, -0.15) is 0 Å². The van der Waals surface area contributed by atoms with E-state index >= 15 is 0 Å². The third kappa shape index (κ3) is 10.2. The van der Waals surface area contributed by atoms with Crippen molar-refractivity contribution in [3.8, 4) is 0 Å². The number of hydrogen-bond donors (Lipinski definition) is 2. The Morgan fingerprint density at radius 3 is 2.24 bits per heavy atom. The fraction of sp³-hybridized carbons (Fsp3) is 0.909. The van der Waals surface area contributed by atoms with E-state index < -0.39 is 11.9 Å². The van der Waals surface area contributed by atoms with Gasteiger partial charge in [-0.15, -0.1) is 0 Å². The molecule has 0 fully saturated rings. The molecule has 6 heteroatoms. The van der Waals surface area contributed by atoms with Crippen molar-refractivity contribution >= 4 is 5.97 Å². The molecule has 0 aliphatic heterocycles. The van der Waals surface area contributed by atoms with Gasteiger partial charge in [0, 0.05) is 13.7 Å². The summed E-state index contributed by atoms with van der Waals surface area (Å²) in [7, 11) is 1.61. The van der Waals surface area contributed by atoms with Gasteiger partial charge in [-0.3, -0.25) is 4.79 Å². The van der Waals surface area contributed by atoms with Crippen LogP contribution in [0.15, 0.2) is 0 Å². The summed E-state index contributed by atoms with van der Waals surface area (Å²) in [5.41, 5.74) is 5.33. The van der Waals surface area contributed by atoms with Gasteiger partial charge >= 0.3 is 5.97 Å². The minimum Gasteiger partial charge on any atom is -0.481 e. The van der Waals surface area contributed by atoms with Crippen molar-refractivity contribution in [1.82, 2.24) is 0 Å². The van der Waals surface area contributed by atoms with E-state index in [1.54, 1.807) is 7.11 Å². The first-order valence-electron chi connectivity index (χ1n) is 5.79. The van der Waals surface area contributed by atoms with Crippen molar-refractivity contribution in [2.75, 3.05) is 46.7 Å². The van der Waals surface area contributed by atoms with Crippen molar-refractivity contribution < 1.29 is 24.1 Å². The Balaban J connectivity index is 3.33. The van der Waals surface area contributed by atoms with E-state index in [9.17, 15) is 4.79 Å². The zero-order valence-corrected chi connectivity index (χ0v) is 10.4. The van der Waals surface area contributed by atoms with Gasteiger partial charge in [-0.25, -0.2) is 0 Å². The smallest absolute Gasteiger partial charge is 0.306 e. The third-order valence-corrected chi connectivity index (χ3v) is 2.28. The summed E-state index contributed by atoms with van der Waals surface area (Å²) in [6.07, 6.45) is 0.980. The van der Waals surface area contributed by atoms with Crippen molar-refractivity contribution in [2.45, 2.75) is 12.8 Å². The van der Waals surface area contributed by atoms with Crippen LogP contribution in [0.2, 0.25) is 0 Å². The number of carbonyl (C=O) groups is 1. The van der Waals surface area contributed by atoms with Gasteiger partial charge < -0.3 is 25.1 Å². The summed E-state index contributed by atoms with van der Waals surface area (Å²) in [6.45, 7) is 2.89. The fourth-order valence-electron chi connectivity index (χ4n) is 1.28. The molecule has 1 unspecified atom stereocenters. The minimum absolute atomic E-state index is 0.386. The zero-order chi connectivity index (χ0) is 12.9. The normalized spacial score (nSPS) is 12.6. The predicted octanol–water partition coefficient (Wildman–Crippen LogP) is 0.106. The van der Waals surface area contributed by atoms with Crippen LogP contribution in [0.5, 0.6) is 0 Å². The van der Waals surface area contributed by atoms with Gasteiger partial charge in [-0.05, 0) is 19.4 Å². The van der Waals surface area contributed by atoms with E-state index in [-0.39, 0.29) is 0 Å². The maximum atomic E-state index is 10.8. The van der Waals surface area contributed by atoms with E-state index in [0.717, 1.165) is 0 Å². The summed E-state index contributed by atoms with van der Waals surface area (Å²) >= 11 is 0. The molecule has 0 heterocycles. The first-order chi connectivity index (χ1) is 8.22. The highest BCUT2D eigenvalue weighted by Crippen LogP contribution is 2.07. The topological polar surface area (TPSA) is 91.0 Å². The first-order valence-corrected chi connectivity index (χ1v) is 5.79. The Bertz CT molecular complexity index is 189. The van der Waals surface area contributed by atoms with E-state index in [2.05, 4.69) is 0 Å². The highest BCUT2D eigenvalue weighted by atomic mass is 16.5. The van der Waals surface area contributed by atoms with E-state index in [1.165, 1.54) is 0 Å². The average molecular weight is 249 g/mol. The zero-order valence-electron chi connectivity index (χ0n) is 10.4. The number of carboxylic acid groups (broad SMARTS) is 1. The number of hydrogen-bond acceptors (Lipinski definition) is 5. The predicted molar refractivity (Wildman–Crippen MR) is 62.9 cm³/mol. The van der Waals surface area contributed by atoms with Crippen molar-refractivity contribution in [3.63, 3.8) is 0 Å². The summed E-state index contributed by atoms with van der Waals surface area (Å²) in [5.74, 6) is -1.22. The summed E-state index contributed by atoms with van der Waals surface area (Å²) in [5, 5.41) is 8.85. The summed E-state index contributed by atoms with van der Waals surface area (Å²) in [4.78, 5) is 10.8. The van der Waals surface area contributed by atoms with Crippen molar-refractivity contribution in [1.29, 1.82) is 0 Å². The molecule has 6 nitrogen and oxygen atoms in total. The van der Waals surface area contributed by atoms with Gasteiger partial charge in [0.2, 0.25) is 0 Å². The molecule has 0 aromatic rings. The van der Waals surface area contributed by atoms with Gasteiger partial charge in [0.15, 0.2) is 0 Å². The molecule has 0 saturated carbocycles. The molecule has 0 aromatic heterocycles. The van der Waals surface area contributed by atoms with Crippen LogP contribution in [0.4, 0.5) is 0 Å². The average Bonchev–Trinajstić information content (AvgIpc) is 2.31. The van der Waals surface area contributed by atoms with Gasteiger partial charge in [0.05, 0.1) is 32.3 Å². The second-order valence-electron chi connectivity index (χ2n) is 3.62. The number of methoxy groups -OCH3 is 1. The molecule has 0 aromatic carbocycles. The molecule has 0 aliphatic carbocycles. The highest BCUT2D eigenvalue weighted by molar-refractivity contribution is 5.69. The monoisotopic (exact) mass is 249 g/mol. The van der Waals surface area contributed by atoms with E-state index in [0.29, 0.717) is 52.4 Å². The van der Waals surface area contributed by atoms with Crippen LogP contribution >= 0.6 is 0 Å². The number of nitrogens with two attached hydrogens (primary N) is 1. The Hall–Kier alpha value is -0.690. The number of carboxylic acids is 1. The lowest BCUT2D eigenvalue weighted by Crippen LogP contribution is -2.20. The number of ether oxygens (including phenoxy) is 3. The van der Waals surface area contributed by atoms with Gasteiger partial charge in [0.25, 0.3) is 0 Å². The molecule has 102 valence electrons. The second kappa shape index (κ2) is 11.8. The molecular weight excluding hydrogens is 226 g/mol. The van der Waals surface area contributed by atoms with Crippen LogP contribution in [-0.2, 0) is 19.0 Å². The van der Waals surface area contributed by atoms with Crippen LogP contribution < -0.4 is 5.73 Å². The van der Waals surface area contributed by atoms with E-state index in [1.807, 2.05) is 0 Å². The molecule has 0 bridgehead atoms. The maximum absolute atomic E-state index is 10.8. The molecule has 0 spiro atoms. The van der Waals surface area contributed by atoms with Crippen LogP contribution in [0.1, 0.15) is 12.8 Å². The standard InChI is InChI=1S/C11H23NO5/c1-15-6-7-17-9-8-16-5-3-10(2-4-12)11(13)14/h10H,2-9,12H2,1H3,(H,13,14). The molecule has 1 atom stereocenters. The Labute approximate surface area is 102 Å². The molecule has 0 radical (unpaired) electrons. The fourth-order valence-corrected chi connectivity index (χ4v) is 1.28. The lowest BCUT2D eigenvalue weighted by Gasteiger charge is -2.11. The molecule has 3 N–H and O–H groups in total. The van der Waals surface area contributed by atoms with Gasteiger partial charge in [0.1, 0.15) is 0 Å². The molecule has 0 saturated heterocycles. The third-order valence-electron chi connectivity index (χ3n) is 2.28.